The van der Waals surface area contributed by atoms with Crippen LogP contribution in [0.2, 0.25) is 0 Å². The Kier molecular flexibility index (Phi) is 264. The van der Waals surface area contributed by atoms with E-state index < -0.39 is 0 Å². The van der Waals surface area contributed by atoms with Gasteiger partial charge in [0.25, 0.3) is 0 Å². The summed E-state index contributed by atoms with van der Waals surface area (Å²) in [5.41, 5.74) is 0. The van der Waals surface area contributed by atoms with Crippen LogP contribution < -0.4 is 0 Å². The molecule has 0 rings (SSSR count). The van der Waals surface area contributed by atoms with E-state index in [1.807, 2.05) is 0 Å². The Hall–Kier alpha value is 2.36. The van der Waals surface area contributed by atoms with Crippen LogP contribution in [0.3, 0.4) is 0 Å². The molecule has 0 saturated heterocycles. The molecule has 0 aromatic rings. The summed E-state index contributed by atoms with van der Waals surface area (Å²) >= 11 is 5.10. The Labute approximate surface area is 93.6 Å². The Morgan fingerprint density at radius 1 is 0.571 bits per heavy atom. The van der Waals surface area contributed by atoms with Crippen LogP contribution in [0, 0.1) is 0 Å². The van der Waals surface area contributed by atoms with E-state index >= 15 is 0 Å². The zero-order chi connectivity index (χ0) is 6.00. The van der Waals surface area contributed by atoms with Gasteiger partial charge in [0.2, 0.25) is 0 Å². The van der Waals surface area contributed by atoms with E-state index in [4.69, 9.17) is 9.75 Å². The molecule has 3 nitrogen and oxygen atoms in total. The Balaban J connectivity index is -0.00000000900. The average molecular weight is 479 g/mol. The third-order valence-corrected chi connectivity index (χ3v) is 0. The summed E-state index contributed by atoms with van der Waals surface area (Å²) in [6.07, 6.45) is 0. The number of rotatable bonds is 0. The van der Waals surface area contributed by atoms with Crippen LogP contribution in [0.25, 0.3) is 0 Å². The van der Waals surface area contributed by atoms with Crippen molar-refractivity contribution in [1.82, 2.24) is 0 Å². The quantitative estimate of drug-likeness (QED) is 0.446. The average Bonchev–Trinajstić information content (AvgIpc) is 1.81. The van der Waals surface area contributed by atoms with Crippen molar-refractivity contribution in [1.29, 1.82) is 0 Å². The monoisotopic (exact) mass is 476 g/mol. The predicted molar refractivity (Wildman–Crippen MR) is 2.06 cm³/mol. The van der Waals surface area contributed by atoms with Gasteiger partial charge in [-0.2, -0.15) is 0 Å². The molecular formula is Ag4O3. The molecule has 0 fully saturated rings. The van der Waals surface area contributed by atoms with E-state index in [9.17, 15) is 0 Å². The van der Waals surface area contributed by atoms with Gasteiger partial charge in [-0.15, -0.1) is 0 Å². The molecule has 7 heavy (non-hydrogen) atoms. The maximum atomic E-state index is 8.06. The normalized spacial score (nSPS) is 2.57. The summed E-state index contributed by atoms with van der Waals surface area (Å²) in [7, 11) is 0. The van der Waals surface area contributed by atoms with Gasteiger partial charge in [0.1, 0.15) is 0 Å². The summed E-state index contributed by atoms with van der Waals surface area (Å²) in [5.74, 6) is 0. The molecule has 0 N–H and O–H groups in total. The van der Waals surface area contributed by atoms with Gasteiger partial charge >= 0.3 is 72.9 Å². The molecule has 0 heterocycles. The van der Waals surface area contributed by atoms with Gasteiger partial charge in [-0.05, 0) is 0 Å². The number of hydrogen-bond donors (Lipinski definition) is 0. The first-order chi connectivity index (χ1) is 3.00. The Morgan fingerprint density at radius 2 is 0.571 bits per heavy atom. The molecule has 0 unspecified atom stereocenters. The molecule has 0 atom stereocenters. The second-order valence-electron chi connectivity index (χ2n) is 0. The van der Waals surface area contributed by atoms with Crippen molar-refractivity contribution >= 4 is 0 Å². The predicted octanol–water partition coefficient (Wildman–Crippen LogP) is -0.366. The molecule has 1 radical (unpaired) electrons. The minimum absolute atomic E-state index is 0. The van der Waals surface area contributed by atoms with Crippen molar-refractivity contribution in [3.63, 3.8) is 0 Å². The summed E-state index contributed by atoms with van der Waals surface area (Å²) in [4.78, 5) is 0. The second kappa shape index (κ2) is 81.3. The Morgan fingerprint density at radius 3 is 0.571 bits per heavy atom. The van der Waals surface area contributed by atoms with E-state index in [-0.39, 0.29) is 22.4 Å². The third-order valence-electron chi connectivity index (χ3n) is 0. The number of hydrogen-bond acceptors (Lipinski definition) is 3. The van der Waals surface area contributed by atoms with Crippen LogP contribution in [-0.4, -0.2) is 0 Å². The topological polar surface area (TPSA) is 51.2 Å². The zero-order valence-electron chi connectivity index (χ0n) is 2.43. The first kappa shape index (κ1) is 22.8. The third kappa shape index (κ3) is 60.7. The van der Waals surface area contributed by atoms with Crippen LogP contribution in [0.4, 0.5) is 0 Å². The fourth-order valence-electron chi connectivity index (χ4n) is 0. The van der Waals surface area contributed by atoms with E-state index in [1.165, 1.54) is 0 Å². The van der Waals surface area contributed by atoms with Gasteiger partial charge in [-0.25, -0.2) is 0 Å². The van der Waals surface area contributed by atoms with Crippen molar-refractivity contribution in [3.8, 4) is 0 Å². The molecule has 0 aliphatic rings. The van der Waals surface area contributed by atoms with Crippen molar-refractivity contribution < 1.29 is 95.3 Å². The van der Waals surface area contributed by atoms with Crippen LogP contribution in [0.1, 0.15) is 0 Å². The summed E-state index contributed by atoms with van der Waals surface area (Å²) in [6.45, 7) is 0. The van der Waals surface area contributed by atoms with Crippen LogP contribution in [0.5, 0.6) is 0 Å². The van der Waals surface area contributed by atoms with E-state index in [0.29, 0.717) is 0 Å². The minimum atomic E-state index is 0. The first-order valence-electron chi connectivity index (χ1n) is 0.369. The SMILES string of the molecule is [Ag].[O]=[Ag].[O]=[Ag].[O]=[Ag]. The molecule has 0 aromatic carbocycles. The molecule has 0 aromatic heterocycles. The van der Waals surface area contributed by atoms with Crippen molar-refractivity contribution in [2.45, 2.75) is 0 Å². The standard InChI is InChI=1S/4Ag.3O. The van der Waals surface area contributed by atoms with Crippen LogP contribution in [0.15, 0.2) is 0 Å². The first-order valence-corrected chi connectivity index (χ1v) is 2.18. The maximum absolute atomic E-state index is 8.06. The Bertz CT molecular complexity index is 11.7. The molecule has 0 amide bonds. The van der Waals surface area contributed by atoms with Crippen LogP contribution >= 0.6 is 0 Å². The van der Waals surface area contributed by atoms with Gasteiger partial charge in [0.15, 0.2) is 0 Å². The van der Waals surface area contributed by atoms with Gasteiger partial charge < -0.3 is 0 Å². The molecule has 0 aliphatic heterocycles. The molecule has 0 aliphatic carbocycles. The second-order valence-corrected chi connectivity index (χ2v) is 0. The van der Waals surface area contributed by atoms with Crippen LogP contribution in [-0.2, 0) is 95.3 Å². The molecular weight excluding hydrogens is 479 g/mol. The fraction of sp³-hybridized carbons (Fsp3) is 0. The van der Waals surface area contributed by atoms with Gasteiger partial charge in [-0.1, -0.05) is 0 Å². The molecule has 62 valence electrons. The van der Waals surface area contributed by atoms with Crippen molar-refractivity contribution in [3.05, 3.63) is 0 Å². The fourth-order valence-corrected chi connectivity index (χ4v) is 0. The molecule has 0 saturated carbocycles. The zero-order valence-corrected chi connectivity index (χ0v) is 8.36. The molecule has 0 bridgehead atoms. The summed E-state index contributed by atoms with van der Waals surface area (Å²) in [5, 5.41) is 0. The molecule has 7 heteroatoms. The van der Waals surface area contributed by atoms with Crippen molar-refractivity contribution in [2.24, 2.45) is 0 Å². The van der Waals surface area contributed by atoms with Crippen molar-refractivity contribution in [2.75, 3.05) is 0 Å². The van der Waals surface area contributed by atoms with E-state index in [2.05, 4.69) is 0 Å². The molecule has 0 spiro atoms. The van der Waals surface area contributed by atoms with Gasteiger partial charge in [0.05, 0.1) is 0 Å². The van der Waals surface area contributed by atoms with E-state index in [1.54, 1.807) is 63.1 Å². The van der Waals surface area contributed by atoms with Gasteiger partial charge in [-0.3, -0.25) is 0 Å². The summed E-state index contributed by atoms with van der Waals surface area (Å²) < 4.78 is 24.2. The summed E-state index contributed by atoms with van der Waals surface area (Å²) in [6, 6.07) is 0. The van der Waals surface area contributed by atoms with E-state index in [0.717, 1.165) is 0 Å². The van der Waals surface area contributed by atoms with Gasteiger partial charge in [0, 0.05) is 22.4 Å².